The quantitative estimate of drug-likeness (QED) is 0.556. The molecule has 0 saturated carbocycles. The number of carbonyl (C=O) groups excluding carboxylic acids is 2. The first-order chi connectivity index (χ1) is 15.5. The van der Waals surface area contributed by atoms with E-state index in [1.54, 1.807) is 40.8 Å². The Hall–Kier alpha value is -2.42. The summed E-state index contributed by atoms with van der Waals surface area (Å²) in [6, 6.07) is 6.43. The molecule has 0 spiro atoms. The molecule has 32 heavy (non-hydrogen) atoms. The van der Waals surface area contributed by atoms with Gasteiger partial charge in [0, 0.05) is 38.3 Å². The maximum Gasteiger partial charge on any atom is 0.254 e. The molecule has 2 aliphatic heterocycles. The fraction of sp³-hybridized carbons (Fsp3) is 0.364. The standard InChI is InChI=1S/C22H21Cl2N5O2S/c23-16-4-3-14(12-17(16)24)21(30)29-6-1-2-18(29)22(31)28-9-7-27(8-10-28)19-15-5-11-32-20(15)26-13-25-19/h3-5,11-13,18H,1-2,6-10H2. The van der Waals surface area contributed by atoms with Crippen LogP contribution in [0.5, 0.6) is 0 Å². The smallest absolute Gasteiger partial charge is 0.254 e. The lowest BCUT2D eigenvalue weighted by atomic mass is 10.1. The lowest BCUT2D eigenvalue weighted by molar-refractivity contribution is -0.135. The molecule has 2 saturated heterocycles. The van der Waals surface area contributed by atoms with Crippen molar-refractivity contribution in [3.63, 3.8) is 0 Å². The highest BCUT2D eigenvalue weighted by atomic mass is 35.5. The van der Waals surface area contributed by atoms with Gasteiger partial charge < -0.3 is 14.7 Å². The summed E-state index contributed by atoms with van der Waals surface area (Å²) in [5.41, 5.74) is 0.451. The van der Waals surface area contributed by atoms with Gasteiger partial charge in [0.1, 0.15) is 23.0 Å². The molecule has 2 aliphatic rings. The molecular formula is C22H21Cl2N5O2S. The lowest BCUT2D eigenvalue weighted by Gasteiger charge is -2.38. The Balaban J connectivity index is 1.26. The minimum atomic E-state index is -0.439. The molecule has 166 valence electrons. The predicted molar refractivity (Wildman–Crippen MR) is 127 cm³/mol. The number of fused-ring (bicyclic) bond motifs is 1. The molecule has 1 atom stereocenters. The zero-order valence-corrected chi connectivity index (χ0v) is 19.5. The number of aromatic nitrogens is 2. The highest BCUT2D eigenvalue weighted by molar-refractivity contribution is 7.16. The van der Waals surface area contributed by atoms with Gasteiger partial charge >= 0.3 is 0 Å². The van der Waals surface area contributed by atoms with E-state index in [1.165, 1.54) is 0 Å². The van der Waals surface area contributed by atoms with Gasteiger partial charge in [-0.1, -0.05) is 23.2 Å². The highest BCUT2D eigenvalue weighted by Gasteiger charge is 2.38. The molecule has 2 aromatic heterocycles. The molecule has 3 aromatic rings. The Bertz CT molecular complexity index is 1180. The molecule has 0 N–H and O–H groups in total. The normalized spacial score (nSPS) is 19.1. The van der Waals surface area contributed by atoms with E-state index in [2.05, 4.69) is 14.9 Å². The van der Waals surface area contributed by atoms with Gasteiger partial charge in [0.25, 0.3) is 5.91 Å². The summed E-state index contributed by atoms with van der Waals surface area (Å²) in [5, 5.41) is 3.80. The number of hydrogen-bond donors (Lipinski definition) is 0. The summed E-state index contributed by atoms with van der Waals surface area (Å²) in [5.74, 6) is 0.749. The van der Waals surface area contributed by atoms with Crippen LogP contribution in [0.4, 0.5) is 5.82 Å². The fourth-order valence-electron chi connectivity index (χ4n) is 4.44. The van der Waals surface area contributed by atoms with Gasteiger partial charge in [0.05, 0.1) is 15.4 Å². The predicted octanol–water partition coefficient (Wildman–Crippen LogP) is 3.95. The largest absolute Gasteiger partial charge is 0.352 e. The fourth-order valence-corrected chi connectivity index (χ4v) is 5.47. The van der Waals surface area contributed by atoms with E-state index >= 15 is 0 Å². The van der Waals surface area contributed by atoms with Crippen LogP contribution in [0.15, 0.2) is 36.0 Å². The van der Waals surface area contributed by atoms with Crippen LogP contribution in [0.2, 0.25) is 10.0 Å². The molecule has 5 rings (SSSR count). The third-order valence-corrected chi connectivity index (χ3v) is 7.66. The van der Waals surface area contributed by atoms with Crippen LogP contribution in [0, 0.1) is 0 Å². The number of carbonyl (C=O) groups is 2. The summed E-state index contributed by atoms with van der Waals surface area (Å²) in [6.45, 7) is 3.15. The van der Waals surface area contributed by atoms with Crippen LogP contribution in [0.1, 0.15) is 23.2 Å². The van der Waals surface area contributed by atoms with Crippen LogP contribution in [0.25, 0.3) is 10.2 Å². The zero-order chi connectivity index (χ0) is 22.2. The van der Waals surface area contributed by atoms with Crippen LogP contribution in [-0.2, 0) is 4.79 Å². The number of likely N-dealkylation sites (tertiary alicyclic amines) is 1. The molecule has 1 aromatic carbocycles. The van der Waals surface area contributed by atoms with Gasteiger partial charge in [-0.05, 0) is 42.5 Å². The van der Waals surface area contributed by atoms with E-state index in [0.717, 1.165) is 22.5 Å². The second-order valence-corrected chi connectivity index (χ2v) is 9.64. The minimum absolute atomic E-state index is 0.0129. The number of halogens is 2. The second-order valence-electron chi connectivity index (χ2n) is 7.93. The van der Waals surface area contributed by atoms with Gasteiger partial charge in [-0.3, -0.25) is 9.59 Å². The van der Waals surface area contributed by atoms with Crippen molar-refractivity contribution in [2.75, 3.05) is 37.6 Å². The molecule has 0 radical (unpaired) electrons. The SMILES string of the molecule is O=C(C1CCCN1C(=O)c1ccc(Cl)c(Cl)c1)N1CCN(c2ncnc3sccc23)CC1. The number of anilines is 1. The van der Waals surface area contributed by atoms with Crippen LogP contribution < -0.4 is 4.90 Å². The maximum atomic E-state index is 13.3. The molecule has 10 heteroatoms. The first kappa shape index (κ1) is 21.4. The average Bonchev–Trinajstić information content (AvgIpc) is 3.49. The van der Waals surface area contributed by atoms with Crippen LogP contribution in [-0.4, -0.2) is 70.3 Å². The summed E-state index contributed by atoms with van der Waals surface area (Å²) in [4.78, 5) is 41.9. The third-order valence-electron chi connectivity index (χ3n) is 6.10. The Morgan fingerprint density at radius 2 is 1.81 bits per heavy atom. The maximum absolute atomic E-state index is 13.3. The van der Waals surface area contributed by atoms with E-state index in [4.69, 9.17) is 23.2 Å². The monoisotopic (exact) mass is 489 g/mol. The summed E-state index contributed by atoms with van der Waals surface area (Å²) in [7, 11) is 0. The molecule has 2 fully saturated rings. The van der Waals surface area contributed by atoms with Gasteiger partial charge in [-0.15, -0.1) is 11.3 Å². The number of piperazine rings is 1. The highest BCUT2D eigenvalue weighted by Crippen LogP contribution is 2.29. The first-order valence-electron chi connectivity index (χ1n) is 10.5. The van der Waals surface area contributed by atoms with Gasteiger partial charge in [-0.25, -0.2) is 9.97 Å². The molecule has 1 unspecified atom stereocenters. The van der Waals surface area contributed by atoms with Crippen LogP contribution >= 0.6 is 34.5 Å². The molecule has 2 amide bonds. The number of hydrogen-bond acceptors (Lipinski definition) is 6. The third kappa shape index (κ3) is 3.91. The Kier molecular flexibility index (Phi) is 5.92. The lowest BCUT2D eigenvalue weighted by Crippen LogP contribution is -2.54. The van der Waals surface area contributed by atoms with Crippen molar-refractivity contribution in [1.29, 1.82) is 0 Å². The molecule has 0 bridgehead atoms. The minimum Gasteiger partial charge on any atom is -0.352 e. The second kappa shape index (κ2) is 8.84. The van der Waals surface area contributed by atoms with E-state index in [-0.39, 0.29) is 11.8 Å². The number of rotatable bonds is 3. The number of benzene rings is 1. The van der Waals surface area contributed by atoms with Gasteiger partial charge in [0.15, 0.2) is 0 Å². The van der Waals surface area contributed by atoms with E-state index in [9.17, 15) is 9.59 Å². The van der Waals surface area contributed by atoms with E-state index in [0.29, 0.717) is 54.8 Å². The van der Waals surface area contributed by atoms with E-state index < -0.39 is 6.04 Å². The molecule has 4 heterocycles. The first-order valence-corrected chi connectivity index (χ1v) is 12.1. The summed E-state index contributed by atoms with van der Waals surface area (Å²) >= 11 is 13.7. The molecular weight excluding hydrogens is 469 g/mol. The number of thiophene rings is 1. The van der Waals surface area contributed by atoms with Gasteiger partial charge in [0.2, 0.25) is 5.91 Å². The zero-order valence-electron chi connectivity index (χ0n) is 17.2. The Morgan fingerprint density at radius 3 is 2.59 bits per heavy atom. The van der Waals surface area contributed by atoms with Crippen molar-refractivity contribution in [2.24, 2.45) is 0 Å². The van der Waals surface area contributed by atoms with Gasteiger partial charge in [-0.2, -0.15) is 0 Å². The Labute approximate surface area is 199 Å². The Morgan fingerprint density at radius 1 is 1.00 bits per heavy atom. The average molecular weight is 490 g/mol. The van der Waals surface area contributed by atoms with Crippen molar-refractivity contribution in [3.8, 4) is 0 Å². The van der Waals surface area contributed by atoms with Crippen molar-refractivity contribution < 1.29 is 9.59 Å². The number of nitrogens with zero attached hydrogens (tertiary/aromatic N) is 5. The van der Waals surface area contributed by atoms with Crippen molar-refractivity contribution in [3.05, 3.63) is 51.6 Å². The topological polar surface area (TPSA) is 69.6 Å². The molecule has 0 aliphatic carbocycles. The van der Waals surface area contributed by atoms with Crippen molar-refractivity contribution in [2.45, 2.75) is 18.9 Å². The van der Waals surface area contributed by atoms with Crippen molar-refractivity contribution >= 4 is 62.4 Å². The number of amides is 2. The molecule has 7 nitrogen and oxygen atoms in total. The van der Waals surface area contributed by atoms with E-state index in [1.807, 2.05) is 16.3 Å². The van der Waals surface area contributed by atoms with Crippen molar-refractivity contribution in [1.82, 2.24) is 19.8 Å². The summed E-state index contributed by atoms with van der Waals surface area (Å²) in [6.07, 6.45) is 3.07. The summed E-state index contributed by atoms with van der Waals surface area (Å²) < 4.78 is 0. The van der Waals surface area contributed by atoms with Crippen LogP contribution in [0.3, 0.4) is 0 Å².